The highest BCUT2D eigenvalue weighted by Crippen LogP contribution is 2.35. The van der Waals surface area contributed by atoms with Crippen molar-refractivity contribution in [2.75, 3.05) is 13.7 Å². The second-order valence-corrected chi connectivity index (χ2v) is 6.64. The molecular formula is C11H13ClO4S. The van der Waals surface area contributed by atoms with Gasteiger partial charge < -0.3 is 9.47 Å². The highest BCUT2D eigenvalue weighted by atomic mass is 35.7. The van der Waals surface area contributed by atoms with Crippen molar-refractivity contribution in [2.24, 2.45) is 0 Å². The Morgan fingerprint density at radius 2 is 2.24 bits per heavy atom. The van der Waals surface area contributed by atoms with E-state index in [0.717, 1.165) is 24.2 Å². The number of fused-ring (bicyclic) bond motifs is 1. The second-order valence-electron chi connectivity index (χ2n) is 3.86. The van der Waals surface area contributed by atoms with Gasteiger partial charge in [0.25, 0.3) is 0 Å². The minimum atomic E-state index is -3.61. The molecule has 0 saturated heterocycles. The van der Waals surface area contributed by atoms with Crippen LogP contribution in [0.15, 0.2) is 12.1 Å². The summed E-state index contributed by atoms with van der Waals surface area (Å²) in [5, 5.41) is 0. The largest absolute Gasteiger partial charge is 0.496 e. The average molecular weight is 277 g/mol. The summed E-state index contributed by atoms with van der Waals surface area (Å²) in [6, 6.07) is 3.51. The fraction of sp³-hybridized carbons (Fsp3) is 0.455. The third-order valence-corrected chi connectivity index (χ3v) is 3.67. The summed E-state index contributed by atoms with van der Waals surface area (Å²) in [6.45, 7) is 0.659. The molecule has 0 bridgehead atoms. The van der Waals surface area contributed by atoms with Crippen LogP contribution in [0.25, 0.3) is 0 Å². The van der Waals surface area contributed by atoms with Gasteiger partial charge in [-0.1, -0.05) is 0 Å². The molecule has 0 N–H and O–H groups in total. The van der Waals surface area contributed by atoms with E-state index in [9.17, 15) is 8.42 Å². The molecule has 1 aromatic carbocycles. The van der Waals surface area contributed by atoms with Crippen LogP contribution in [0, 0.1) is 0 Å². The van der Waals surface area contributed by atoms with E-state index >= 15 is 0 Å². The minimum Gasteiger partial charge on any atom is -0.496 e. The lowest BCUT2D eigenvalue weighted by atomic mass is 10.00. The van der Waals surface area contributed by atoms with Gasteiger partial charge in [-0.15, -0.1) is 0 Å². The Morgan fingerprint density at radius 3 is 2.88 bits per heavy atom. The topological polar surface area (TPSA) is 52.6 Å². The Hall–Kier alpha value is -0.940. The van der Waals surface area contributed by atoms with Gasteiger partial charge in [0.05, 0.1) is 19.5 Å². The summed E-state index contributed by atoms with van der Waals surface area (Å²) in [4.78, 5) is 0. The van der Waals surface area contributed by atoms with Crippen LogP contribution in [-0.4, -0.2) is 22.1 Å². The van der Waals surface area contributed by atoms with Crippen LogP contribution in [0.4, 0.5) is 0 Å². The highest BCUT2D eigenvalue weighted by molar-refractivity contribution is 8.13. The summed E-state index contributed by atoms with van der Waals surface area (Å²) in [5.74, 6) is 1.04. The number of rotatable bonds is 3. The number of methoxy groups -OCH3 is 1. The zero-order valence-corrected chi connectivity index (χ0v) is 11.0. The number of benzene rings is 1. The molecule has 17 heavy (non-hydrogen) atoms. The standard InChI is InChI=1S/C11H13ClO4S/c1-15-10-4-5-11-8(3-2-6-16-11)9(10)7-17(12,13)14/h4-5H,2-3,6-7H2,1H3. The molecule has 94 valence electrons. The van der Waals surface area contributed by atoms with Gasteiger partial charge >= 0.3 is 0 Å². The van der Waals surface area contributed by atoms with Crippen molar-refractivity contribution in [3.05, 3.63) is 23.3 Å². The fourth-order valence-electron chi connectivity index (χ4n) is 2.01. The SMILES string of the molecule is COc1ccc2c(c1CS(=O)(=O)Cl)CCCO2. The van der Waals surface area contributed by atoms with E-state index in [4.69, 9.17) is 20.2 Å². The van der Waals surface area contributed by atoms with Crippen LogP contribution in [0.2, 0.25) is 0 Å². The Morgan fingerprint density at radius 1 is 1.47 bits per heavy atom. The molecular weight excluding hydrogens is 264 g/mol. The van der Waals surface area contributed by atoms with Crippen molar-refractivity contribution in [1.82, 2.24) is 0 Å². The number of halogens is 1. The van der Waals surface area contributed by atoms with Gasteiger partial charge in [0.2, 0.25) is 9.05 Å². The first-order chi connectivity index (χ1) is 8.01. The molecule has 0 atom stereocenters. The third kappa shape index (κ3) is 2.84. The predicted octanol–water partition coefficient (Wildman–Crippen LogP) is 2.09. The van der Waals surface area contributed by atoms with E-state index < -0.39 is 9.05 Å². The lowest BCUT2D eigenvalue weighted by molar-refractivity contribution is 0.286. The van der Waals surface area contributed by atoms with Crippen molar-refractivity contribution in [3.63, 3.8) is 0 Å². The van der Waals surface area contributed by atoms with Gasteiger partial charge in [-0.25, -0.2) is 8.42 Å². The van der Waals surface area contributed by atoms with Crippen molar-refractivity contribution < 1.29 is 17.9 Å². The normalized spacial score (nSPS) is 14.9. The van der Waals surface area contributed by atoms with Crippen molar-refractivity contribution in [1.29, 1.82) is 0 Å². The summed E-state index contributed by atoms with van der Waals surface area (Å²) in [5.41, 5.74) is 1.50. The summed E-state index contributed by atoms with van der Waals surface area (Å²) in [6.07, 6.45) is 1.66. The lowest BCUT2D eigenvalue weighted by Gasteiger charge is -2.21. The lowest BCUT2D eigenvalue weighted by Crippen LogP contribution is -2.12. The molecule has 0 fully saturated rings. The van der Waals surface area contributed by atoms with E-state index in [1.165, 1.54) is 7.11 Å². The molecule has 1 aliphatic rings. The predicted molar refractivity (Wildman–Crippen MR) is 65.3 cm³/mol. The van der Waals surface area contributed by atoms with Crippen LogP contribution in [-0.2, 0) is 21.2 Å². The molecule has 1 heterocycles. The van der Waals surface area contributed by atoms with Crippen LogP contribution >= 0.6 is 10.7 Å². The van der Waals surface area contributed by atoms with E-state index in [1.807, 2.05) is 0 Å². The summed E-state index contributed by atoms with van der Waals surface area (Å²) < 4.78 is 33.1. The van der Waals surface area contributed by atoms with Crippen LogP contribution < -0.4 is 9.47 Å². The quantitative estimate of drug-likeness (QED) is 0.793. The summed E-state index contributed by atoms with van der Waals surface area (Å²) in [7, 11) is 3.22. The van der Waals surface area contributed by atoms with Gasteiger partial charge in [0.1, 0.15) is 11.5 Å². The Balaban J connectivity index is 2.52. The molecule has 4 nitrogen and oxygen atoms in total. The molecule has 0 radical (unpaired) electrons. The zero-order valence-electron chi connectivity index (χ0n) is 9.40. The first-order valence-corrected chi connectivity index (χ1v) is 7.73. The van der Waals surface area contributed by atoms with Crippen molar-refractivity contribution >= 4 is 19.7 Å². The second kappa shape index (κ2) is 4.74. The Kier molecular flexibility index (Phi) is 3.49. The van der Waals surface area contributed by atoms with Gasteiger partial charge in [-0.2, -0.15) is 0 Å². The number of hydrogen-bond acceptors (Lipinski definition) is 4. The molecule has 0 aromatic heterocycles. The minimum absolute atomic E-state index is 0.232. The molecule has 1 aliphatic heterocycles. The first-order valence-electron chi connectivity index (χ1n) is 5.25. The van der Waals surface area contributed by atoms with Crippen molar-refractivity contribution in [2.45, 2.75) is 18.6 Å². The molecule has 0 unspecified atom stereocenters. The maximum atomic E-state index is 11.2. The molecule has 6 heteroatoms. The zero-order chi connectivity index (χ0) is 12.5. The molecule has 0 aliphatic carbocycles. The van der Waals surface area contributed by atoms with Gasteiger partial charge in [0.15, 0.2) is 0 Å². The highest BCUT2D eigenvalue weighted by Gasteiger charge is 2.21. The van der Waals surface area contributed by atoms with E-state index in [0.29, 0.717) is 17.9 Å². The van der Waals surface area contributed by atoms with Crippen molar-refractivity contribution in [3.8, 4) is 11.5 Å². The molecule has 0 spiro atoms. The Bertz CT molecular complexity index is 525. The van der Waals surface area contributed by atoms with E-state index in [2.05, 4.69) is 0 Å². The van der Waals surface area contributed by atoms with E-state index in [1.54, 1.807) is 12.1 Å². The van der Waals surface area contributed by atoms with Gasteiger partial charge in [0, 0.05) is 21.8 Å². The van der Waals surface area contributed by atoms with Crippen LogP contribution in [0.1, 0.15) is 17.5 Å². The molecule has 0 saturated carbocycles. The summed E-state index contributed by atoms with van der Waals surface area (Å²) >= 11 is 0. The number of ether oxygens (including phenoxy) is 2. The average Bonchev–Trinajstić information content (AvgIpc) is 2.28. The Labute approximate surface area is 105 Å². The maximum absolute atomic E-state index is 11.2. The third-order valence-electron chi connectivity index (χ3n) is 2.71. The van der Waals surface area contributed by atoms with Gasteiger partial charge in [-0.3, -0.25) is 0 Å². The first kappa shape index (κ1) is 12.5. The molecule has 1 aromatic rings. The van der Waals surface area contributed by atoms with Crippen LogP contribution in [0.5, 0.6) is 11.5 Å². The number of hydrogen-bond donors (Lipinski definition) is 0. The monoisotopic (exact) mass is 276 g/mol. The molecule has 2 rings (SSSR count). The smallest absolute Gasteiger partial charge is 0.236 e. The van der Waals surface area contributed by atoms with Crippen LogP contribution in [0.3, 0.4) is 0 Å². The van der Waals surface area contributed by atoms with E-state index in [-0.39, 0.29) is 5.75 Å². The van der Waals surface area contributed by atoms with Gasteiger partial charge in [-0.05, 0) is 25.0 Å². The fourth-order valence-corrected chi connectivity index (χ4v) is 3.00. The maximum Gasteiger partial charge on any atom is 0.236 e. The molecule has 0 amide bonds.